The molecule has 5 heteroatoms. The van der Waals surface area contributed by atoms with Gasteiger partial charge in [0, 0.05) is 16.9 Å². The van der Waals surface area contributed by atoms with Crippen LogP contribution in [0.3, 0.4) is 0 Å². The van der Waals surface area contributed by atoms with E-state index in [2.05, 4.69) is 15.3 Å². The van der Waals surface area contributed by atoms with Gasteiger partial charge in [0.05, 0.1) is 5.56 Å². The fraction of sp³-hybridized carbons (Fsp3) is 0.214. The summed E-state index contributed by atoms with van der Waals surface area (Å²) in [6.45, 7) is 4.01. The van der Waals surface area contributed by atoms with E-state index in [9.17, 15) is 4.79 Å². The van der Waals surface area contributed by atoms with Crippen LogP contribution < -0.4 is 5.32 Å². The summed E-state index contributed by atoms with van der Waals surface area (Å²) in [5.41, 5.74) is 3.07. The fourth-order valence-corrected chi connectivity index (χ4v) is 1.80. The van der Waals surface area contributed by atoms with Crippen LogP contribution in [0.5, 0.6) is 0 Å². The molecule has 1 aromatic carbocycles. The van der Waals surface area contributed by atoms with Gasteiger partial charge in [-0.2, -0.15) is 0 Å². The first-order valence-electron chi connectivity index (χ1n) is 6.02. The van der Waals surface area contributed by atoms with E-state index in [-0.39, 0.29) is 5.56 Å². The Morgan fingerprint density at radius 1 is 1.26 bits per heavy atom. The predicted molar refractivity (Wildman–Crippen MR) is 72.8 cm³/mol. The molecule has 0 aliphatic rings. The third kappa shape index (κ3) is 2.88. The van der Waals surface area contributed by atoms with Crippen LogP contribution in [0, 0.1) is 6.92 Å². The van der Waals surface area contributed by atoms with Gasteiger partial charge in [-0.25, -0.2) is 14.8 Å². The van der Waals surface area contributed by atoms with Crippen LogP contribution in [0.2, 0.25) is 0 Å². The maximum atomic E-state index is 10.8. The van der Waals surface area contributed by atoms with E-state index in [1.54, 1.807) is 24.3 Å². The zero-order chi connectivity index (χ0) is 13.8. The van der Waals surface area contributed by atoms with Crippen molar-refractivity contribution in [3.8, 4) is 0 Å². The van der Waals surface area contributed by atoms with Crippen molar-refractivity contribution in [1.29, 1.82) is 0 Å². The van der Waals surface area contributed by atoms with E-state index in [0.29, 0.717) is 0 Å². The summed E-state index contributed by atoms with van der Waals surface area (Å²) in [5.74, 6) is -0.187. The summed E-state index contributed by atoms with van der Waals surface area (Å²) in [6.07, 6.45) is 2.38. The van der Waals surface area contributed by atoms with Crippen LogP contribution >= 0.6 is 0 Å². The van der Waals surface area contributed by atoms with Crippen molar-refractivity contribution in [1.82, 2.24) is 9.97 Å². The standard InChI is InChI=1S/C14H15N3O2/c1-3-12-9(2)13(16-8-15-12)17-11-6-4-10(5-7-11)14(18)19/h4-8H,3H2,1-2H3,(H,18,19)(H,15,16,17). The largest absolute Gasteiger partial charge is 0.478 e. The third-order valence-electron chi connectivity index (χ3n) is 2.92. The van der Waals surface area contributed by atoms with Gasteiger partial charge < -0.3 is 10.4 Å². The number of carboxylic acid groups (broad SMARTS) is 1. The van der Waals surface area contributed by atoms with E-state index < -0.39 is 5.97 Å². The molecule has 0 aliphatic heterocycles. The molecular weight excluding hydrogens is 242 g/mol. The highest BCUT2D eigenvalue weighted by atomic mass is 16.4. The summed E-state index contributed by atoms with van der Waals surface area (Å²) < 4.78 is 0. The smallest absolute Gasteiger partial charge is 0.335 e. The van der Waals surface area contributed by atoms with Crippen molar-refractivity contribution in [2.24, 2.45) is 0 Å². The first kappa shape index (κ1) is 13.0. The van der Waals surface area contributed by atoms with Crippen molar-refractivity contribution >= 4 is 17.5 Å². The summed E-state index contributed by atoms with van der Waals surface area (Å²) in [6, 6.07) is 6.55. The van der Waals surface area contributed by atoms with Crippen molar-refractivity contribution < 1.29 is 9.90 Å². The third-order valence-corrected chi connectivity index (χ3v) is 2.92. The minimum absolute atomic E-state index is 0.263. The van der Waals surface area contributed by atoms with E-state index in [0.717, 1.165) is 29.2 Å². The predicted octanol–water partition coefficient (Wildman–Crippen LogP) is 2.79. The van der Waals surface area contributed by atoms with Crippen molar-refractivity contribution in [2.75, 3.05) is 5.32 Å². The second-order valence-corrected chi connectivity index (χ2v) is 4.16. The molecule has 0 spiro atoms. The van der Waals surface area contributed by atoms with Gasteiger partial charge in [0.1, 0.15) is 12.1 Å². The number of nitrogens with zero attached hydrogens (tertiary/aromatic N) is 2. The summed E-state index contributed by atoms with van der Waals surface area (Å²) in [4.78, 5) is 19.2. The lowest BCUT2D eigenvalue weighted by molar-refractivity contribution is 0.0697. The molecule has 1 heterocycles. The van der Waals surface area contributed by atoms with Crippen LogP contribution in [0.4, 0.5) is 11.5 Å². The molecule has 0 unspecified atom stereocenters. The van der Waals surface area contributed by atoms with Gasteiger partial charge in [0.25, 0.3) is 0 Å². The highest BCUT2D eigenvalue weighted by molar-refractivity contribution is 5.88. The Morgan fingerprint density at radius 2 is 1.95 bits per heavy atom. The van der Waals surface area contributed by atoms with Crippen LogP contribution in [0.15, 0.2) is 30.6 Å². The molecule has 5 nitrogen and oxygen atoms in total. The summed E-state index contributed by atoms with van der Waals surface area (Å²) in [7, 11) is 0. The van der Waals surface area contributed by atoms with E-state index >= 15 is 0 Å². The van der Waals surface area contributed by atoms with Crippen molar-refractivity contribution in [3.05, 3.63) is 47.4 Å². The van der Waals surface area contributed by atoms with E-state index in [4.69, 9.17) is 5.11 Å². The van der Waals surface area contributed by atoms with Crippen LogP contribution in [-0.4, -0.2) is 21.0 Å². The lowest BCUT2D eigenvalue weighted by Crippen LogP contribution is -2.02. The van der Waals surface area contributed by atoms with Gasteiger partial charge in [0.15, 0.2) is 0 Å². The van der Waals surface area contributed by atoms with E-state index in [1.165, 1.54) is 6.33 Å². The Labute approximate surface area is 111 Å². The van der Waals surface area contributed by atoms with Gasteiger partial charge in [0.2, 0.25) is 0 Å². The maximum absolute atomic E-state index is 10.8. The molecule has 19 heavy (non-hydrogen) atoms. The molecule has 0 saturated heterocycles. The number of hydrogen-bond donors (Lipinski definition) is 2. The fourth-order valence-electron chi connectivity index (χ4n) is 1.80. The number of rotatable bonds is 4. The Hall–Kier alpha value is -2.43. The molecule has 2 rings (SSSR count). The molecule has 0 saturated carbocycles. The van der Waals surface area contributed by atoms with Gasteiger partial charge in [-0.1, -0.05) is 6.92 Å². The zero-order valence-electron chi connectivity index (χ0n) is 10.8. The zero-order valence-corrected chi connectivity index (χ0v) is 10.8. The summed E-state index contributed by atoms with van der Waals surface area (Å²) in [5, 5.41) is 12.0. The number of aryl methyl sites for hydroxylation is 1. The van der Waals surface area contributed by atoms with Crippen LogP contribution in [0.1, 0.15) is 28.5 Å². The molecule has 0 aliphatic carbocycles. The topological polar surface area (TPSA) is 75.1 Å². The normalized spacial score (nSPS) is 10.2. The first-order chi connectivity index (χ1) is 9.11. The number of hydrogen-bond acceptors (Lipinski definition) is 4. The monoisotopic (exact) mass is 257 g/mol. The lowest BCUT2D eigenvalue weighted by Gasteiger charge is -2.10. The molecule has 2 N–H and O–H groups in total. The second-order valence-electron chi connectivity index (χ2n) is 4.16. The molecule has 0 atom stereocenters. The molecule has 2 aromatic rings. The number of aromatic carboxylic acids is 1. The van der Waals surface area contributed by atoms with Crippen molar-refractivity contribution in [3.63, 3.8) is 0 Å². The molecule has 0 bridgehead atoms. The van der Waals surface area contributed by atoms with Crippen molar-refractivity contribution in [2.45, 2.75) is 20.3 Å². The number of benzene rings is 1. The number of carbonyl (C=O) groups is 1. The molecular formula is C14H15N3O2. The number of nitrogens with one attached hydrogen (secondary N) is 1. The minimum atomic E-state index is -0.932. The molecule has 98 valence electrons. The highest BCUT2D eigenvalue weighted by Crippen LogP contribution is 2.20. The Bertz CT molecular complexity index is 594. The van der Waals surface area contributed by atoms with Gasteiger partial charge in [-0.15, -0.1) is 0 Å². The molecule has 0 amide bonds. The average molecular weight is 257 g/mol. The van der Waals surface area contributed by atoms with Crippen LogP contribution in [0.25, 0.3) is 0 Å². The number of aromatic nitrogens is 2. The summed E-state index contributed by atoms with van der Waals surface area (Å²) >= 11 is 0. The first-order valence-corrected chi connectivity index (χ1v) is 6.02. The lowest BCUT2D eigenvalue weighted by atomic mass is 10.2. The Kier molecular flexibility index (Phi) is 3.75. The van der Waals surface area contributed by atoms with Crippen LogP contribution in [-0.2, 0) is 6.42 Å². The minimum Gasteiger partial charge on any atom is -0.478 e. The molecule has 0 fully saturated rings. The molecule has 1 aromatic heterocycles. The number of carboxylic acids is 1. The highest BCUT2D eigenvalue weighted by Gasteiger charge is 2.06. The maximum Gasteiger partial charge on any atom is 0.335 e. The average Bonchev–Trinajstić information content (AvgIpc) is 2.42. The Balaban J connectivity index is 2.24. The number of anilines is 2. The van der Waals surface area contributed by atoms with E-state index in [1.807, 2.05) is 13.8 Å². The SMILES string of the molecule is CCc1ncnc(Nc2ccc(C(=O)O)cc2)c1C. The molecule has 0 radical (unpaired) electrons. The quantitative estimate of drug-likeness (QED) is 0.880. The van der Waals surface area contributed by atoms with Gasteiger partial charge >= 0.3 is 5.97 Å². The Morgan fingerprint density at radius 3 is 2.53 bits per heavy atom. The second kappa shape index (κ2) is 5.48. The van der Waals surface area contributed by atoms with Gasteiger partial charge in [-0.3, -0.25) is 0 Å². The van der Waals surface area contributed by atoms with Gasteiger partial charge in [-0.05, 0) is 37.6 Å².